The van der Waals surface area contributed by atoms with Crippen LogP contribution in [-0.2, 0) is 11.2 Å². The van der Waals surface area contributed by atoms with Crippen molar-refractivity contribution in [3.8, 4) is 11.1 Å². The topological polar surface area (TPSA) is 49.4 Å². The highest BCUT2D eigenvalue weighted by atomic mass is 16.2. The van der Waals surface area contributed by atoms with Gasteiger partial charge in [0.25, 0.3) is 5.91 Å². The van der Waals surface area contributed by atoms with Gasteiger partial charge < -0.3 is 10.2 Å². The number of amides is 2. The van der Waals surface area contributed by atoms with Crippen LogP contribution < -0.4 is 5.32 Å². The summed E-state index contributed by atoms with van der Waals surface area (Å²) in [5, 5.41) is 3.04. The molecule has 1 N–H and O–H groups in total. The zero-order valence-electron chi connectivity index (χ0n) is 16.1. The first kappa shape index (κ1) is 17.7. The molecule has 29 heavy (non-hydrogen) atoms. The van der Waals surface area contributed by atoms with Crippen molar-refractivity contribution in [2.24, 2.45) is 0 Å². The number of carbonyl (C=O) groups excluding carboxylic acids is 2. The first-order valence-electron chi connectivity index (χ1n) is 10.1. The summed E-state index contributed by atoms with van der Waals surface area (Å²) in [5.74, 6) is -0.185. The van der Waals surface area contributed by atoms with Gasteiger partial charge in [0, 0.05) is 17.8 Å². The molecular weight excluding hydrogens is 360 g/mol. The van der Waals surface area contributed by atoms with Crippen molar-refractivity contribution >= 4 is 17.5 Å². The van der Waals surface area contributed by atoms with E-state index in [1.807, 2.05) is 24.3 Å². The highest BCUT2D eigenvalue weighted by Gasteiger charge is 2.34. The van der Waals surface area contributed by atoms with Gasteiger partial charge in [0.2, 0.25) is 5.91 Å². The molecule has 0 saturated carbocycles. The average molecular weight is 382 g/mol. The maximum absolute atomic E-state index is 13.0. The number of nitrogens with one attached hydrogen (secondary N) is 1. The fraction of sp³-hybridized carbons (Fsp3) is 0.200. The largest absolute Gasteiger partial charge is 0.327 e. The molecule has 4 nitrogen and oxygen atoms in total. The predicted molar refractivity (Wildman–Crippen MR) is 114 cm³/mol. The fourth-order valence-electron chi connectivity index (χ4n) is 4.48. The van der Waals surface area contributed by atoms with Gasteiger partial charge in [-0.25, -0.2) is 0 Å². The molecule has 4 heteroatoms. The summed E-state index contributed by atoms with van der Waals surface area (Å²) in [7, 11) is 0. The summed E-state index contributed by atoms with van der Waals surface area (Å²) in [6.07, 6.45) is 2.42. The van der Waals surface area contributed by atoms with Crippen LogP contribution in [0, 0.1) is 0 Å². The number of likely N-dealkylation sites (tertiary alicyclic amines) is 1. The van der Waals surface area contributed by atoms with Gasteiger partial charge in [0.05, 0.1) is 0 Å². The van der Waals surface area contributed by atoms with E-state index in [4.69, 9.17) is 0 Å². The molecule has 3 aromatic rings. The molecule has 0 radical (unpaired) electrons. The maximum atomic E-state index is 13.0. The summed E-state index contributed by atoms with van der Waals surface area (Å²) in [4.78, 5) is 27.5. The molecule has 144 valence electrons. The van der Waals surface area contributed by atoms with Crippen LogP contribution in [0.3, 0.4) is 0 Å². The molecule has 1 aliphatic heterocycles. The fourth-order valence-corrected chi connectivity index (χ4v) is 4.48. The van der Waals surface area contributed by atoms with E-state index in [1.54, 1.807) is 17.0 Å². The van der Waals surface area contributed by atoms with E-state index in [9.17, 15) is 9.59 Å². The number of carbonyl (C=O) groups is 2. The molecule has 1 heterocycles. The van der Waals surface area contributed by atoms with Crippen LogP contribution in [0.5, 0.6) is 0 Å². The van der Waals surface area contributed by atoms with Gasteiger partial charge in [-0.15, -0.1) is 0 Å². The van der Waals surface area contributed by atoms with Crippen molar-refractivity contribution < 1.29 is 9.59 Å². The summed E-state index contributed by atoms with van der Waals surface area (Å²) in [6.45, 7) is 0.616. The van der Waals surface area contributed by atoms with Gasteiger partial charge in [-0.1, -0.05) is 48.5 Å². The van der Waals surface area contributed by atoms with Crippen LogP contribution in [0.15, 0.2) is 72.8 Å². The molecule has 5 rings (SSSR count). The van der Waals surface area contributed by atoms with E-state index in [-0.39, 0.29) is 11.8 Å². The average Bonchev–Trinajstić information content (AvgIpc) is 3.38. The third kappa shape index (κ3) is 3.21. The second kappa shape index (κ2) is 7.21. The third-order valence-corrected chi connectivity index (χ3v) is 5.90. The van der Waals surface area contributed by atoms with Crippen LogP contribution in [0.4, 0.5) is 5.69 Å². The molecule has 0 aromatic heterocycles. The molecule has 1 fully saturated rings. The molecule has 3 aromatic carbocycles. The maximum Gasteiger partial charge on any atom is 0.254 e. The molecule has 1 atom stereocenters. The Hall–Kier alpha value is -3.40. The Balaban J connectivity index is 1.33. The summed E-state index contributed by atoms with van der Waals surface area (Å²) >= 11 is 0. The van der Waals surface area contributed by atoms with Gasteiger partial charge >= 0.3 is 0 Å². The lowest BCUT2D eigenvalue weighted by atomic mass is 10.1. The quantitative estimate of drug-likeness (QED) is 0.567. The zero-order valence-corrected chi connectivity index (χ0v) is 16.1. The van der Waals surface area contributed by atoms with Crippen LogP contribution >= 0.6 is 0 Å². The minimum Gasteiger partial charge on any atom is -0.327 e. The van der Waals surface area contributed by atoms with E-state index < -0.39 is 6.04 Å². The van der Waals surface area contributed by atoms with Gasteiger partial charge in [0.1, 0.15) is 6.04 Å². The first-order valence-corrected chi connectivity index (χ1v) is 10.1. The number of fused-ring (bicyclic) bond motifs is 3. The Morgan fingerprint density at radius 2 is 1.62 bits per heavy atom. The molecule has 0 unspecified atom stereocenters. The number of hydrogen-bond acceptors (Lipinski definition) is 2. The van der Waals surface area contributed by atoms with E-state index in [0.29, 0.717) is 18.5 Å². The SMILES string of the molecule is O=C(Nc1ccc2c(c1)Cc1ccccc1-2)[C@H]1CCCN1C(=O)c1ccccc1. The van der Waals surface area contributed by atoms with Crippen LogP contribution in [0.25, 0.3) is 11.1 Å². The molecule has 0 spiro atoms. The van der Waals surface area contributed by atoms with Crippen LogP contribution in [-0.4, -0.2) is 29.3 Å². The van der Waals surface area contributed by atoms with Gasteiger partial charge in [-0.05, 0) is 65.8 Å². The Morgan fingerprint density at radius 1 is 0.862 bits per heavy atom. The van der Waals surface area contributed by atoms with Crippen molar-refractivity contribution in [2.75, 3.05) is 11.9 Å². The third-order valence-electron chi connectivity index (χ3n) is 5.90. The van der Waals surface area contributed by atoms with E-state index in [2.05, 4.69) is 41.7 Å². The molecule has 1 aliphatic carbocycles. The van der Waals surface area contributed by atoms with Crippen molar-refractivity contribution in [3.05, 3.63) is 89.5 Å². The number of benzene rings is 3. The number of rotatable bonds is 3. The number of hydrogen-bond donors (Lipinski definition) is 1. The Labute approximate surface area is 170 Å². The highest BCUT2D eigenvalue weighted by molar-refractivity contribution is 6.01. The summed E-state index contributed by atoms with van der Waals surface area (Å²) in [6, 6.07) is 23.3. The molecule has 0 bridgehead atoms. The summed E-state index contributed by atoms with van der Waals surface area (Å²) in [5.41, 5.74) is 6.48. The highest BCUT2D eigenvalue weighted by Crippen LogP contribution is 2.37. The lowest BCUT2D eigenvalue weighted by molar-refractivity contribution is -0.119. The van der Waals surface area contributed by atoms with Crippen molar-refractivity contribution in [1.29, 1.82) is 0 Å². The second-order valence-electron chi connectivity index (χ2n) is 7.72. The standard InChI is InChI=1S/C25H22N2O2/c28-24(23-11-6-14-27(23)25(29)17-7-2-1-3-8-17)26-20-12-13-22-19(16-20)15-18-9-4-5-10-21(18)22/h1-5,7-10,12-13,16,23H,6,11,14-15H2,(H,26,28)/t23-/m1/s1. The number of anilines is 1. The summed E-state index contributed by atoms with van der Waals surface area (Å²) < 4.78 is 0. The lowest BCUT2D eigenvalue weighted by Gasteiger charge is -2.24. The predicted octanol–water partition coefficient (Wildman–Crippen LogP) is 4.50. The van der Waals surface area contributed by atoms with Crippen molar-refractivity contribution in [3.63, 3.8) is 0 Å². The normalized spacial score (nSPS) is 17.0. The minimum absolute atomic E-state index is 0.0762. The van der Waals surface area contributed by atoms with Crippen LogP contribution in [0.2, 0.25) is 0 Å². The van der Waals surface area contributed by atoms with Crippen LogP contribution in [0.1, 0.15) is 34.3 Å². The molecule has 2 aliphatic rings. The zero-order chi connectivity index (χ0) is 19.8. The Kier molecular flexibility index (Phi) is 4.39. The lowest BCUT2D eigenvalue weighted by Crippen LogP contribution is -2.43. The van der Waals surface area contributed by atoms with Gasteiger partial charge in [0.15, 0.2) is 0 Å². The molecule has 2 amide bonds. The molecule has 1 saturated heterocycles. The smallest absolute Gasteiger partial charge is 0.254 e. The molecular formula is C25H22N2O2. The van der Waals surface area contributed by atoms with E-state index >= 15 is 0 Å². The van der Waals surface area contributed by atoms with E-state index in [0.717, 1.165) is 18.5 Å². The minimum atomic E-state index is -0.423. The Bertz CT molecular complexity index is 1090. The van der Waals surface area contributed by atoms with Crippen molar-refractivity contribution in [1.82, 2.24) is 4.90 Å². The first-order chi connectivity index (χ1) is 14.2. The van der Waals surface area contributed by atoms with Gasteiger partial charge in [-0.2, -0.15) is 0 Å². The van der Waals surface area contributed by atoms with Gasteiger partial charge in [-0.3, -0.25) is 9.59 Å². The van der Waals surface area contributed by atoms with E-state index in [1.165, 1.54) is 22.3 Å². The Morgan fingerprint density at radius 3 is 2.48 bits per heavy atom. The monoisotopic (exact) mass is 382 g/mol. The van der Waals surface area contributed by atoms with Crippen molar-refractivity contribution in [2.45, 2.75) is 25.3 Å². The number of nitrogens with zero attached hydrogens (tertiary/aromatic N) is 1. The second-order valence-corrected chi connectivity index (χ2v) is 7.72.